The third-order valence-electron chi connectivity index (χ3n) is 6.22. The molecule has 0 saturated heterocycles. The number of carbonyl (C=O) groups excluding carboxylic acids is 1. The van der Waals surface area contributed by atoms with Crippen molar-refractivity contribution in [2.75, 3.05) is 17.6 Å². The van der Waals surface area contributed by atoms with Gasteiger partial charge in [0.2, 0.25) is 0 Å². The maximum absolute atomic E-state index is 13.6. The SMILES string of the molecule is CNC(=O)c1c(-c2ccc(F)cc2)oc2cc(N(SC)c3cccc(B(O)O)c3)c(C3CC3)cc12. The van der Waals surface area contributed by atoms with Gasteiger partial charge in [0.15, 0.2) is 0 Å². The summed E-state index contributed by atoms with van der Waals surface area (Å²) in [6.45, 7) is 0. The highest BCUT2D eigenvalue weighted by Gasteiger charge is 2.31. The van der Waals surface area contributed by atoms with Gasteiger partial charge in [0.1, 0.15) is 17.2 Å². The van der Waals surface area contributed by atoms with Gasteiger partial charge in [-0.1, -0.05) is 12.1 Å². The number of carbonyl (C=O) groups is 1. The third-order valence-corrected chi connectivity index (χ3v) is 6.99. The van der Waals surface area contributed by atoms with Gasteiger partial charge in [0, 0.05) is 30.3 Å². The van der Waals surface area contributed by atoms with Gasteiger partial charge < -0.3 is 19.8 Å². The quantitative estimate of drug-likeness (QED) is 0.260. The van der Waals surface area contributed by atoms with E-state index in [-0.39, 0.29) is 11.7 Å². The van der Waals surface area contributed by atoms with Crippen LogP contribution in [0.2, 0.25) is 0 Å². The number of hydrogen-bond acceptors (Lipinski definition) is 6. The lowest BCUT2D eigenvalue weighted by Gasteiger charge is -2.25. The molecule has 3 N–H and O–H groups in total. The zero-order valence-electron chi connectivity index (χ0n) is 19.3. The van der Waals surface area contributed by atoms with Crippen molar-refractivity contribution in [2.24, 2.45) is 0 Å². The summed E-state index contributed by atoms with van der Waals surface area (Å²) in [6.07, 6.45) is 4.05. The number of furan rings is 1. The van der Waals surface area contributed by atoms with Crippen molar-refractivity contribution in [1.29, 1.82) is 0 Å². The molecule has 0 radical (unpaired) electrons. The highest BCUT2D eigenvalue weighted by molar-refractivity contribution is 8.00. The van der Waals surface area contributed by atoms with Crippen LogP contribution < -0.4 is 15.1 Å². The van der Waals surface area contributed by atoms with Crippen LogP contribution in [0, 0.1) is 5.82 Å². The van der Waals surface area contributed by atoms with Crippen LogP contribution in [0.4, 0.5) is 15.8 Å². The van der Waals surface area contributed by atoms with Crippen molar-refractivity contribution in [3.8, 4) is 11.3 Å². The van der Waals surface area contributed by atoms with Crippen molar-refractivity contribution in [3.05, 3.63) is 77.6 Å². The highest BCUT2D eigenvalue weighted by atomic mass is 32.2. The van der Waals surface area contributed by atoms with Gasteiger partial charge in [-0.15, -0.1) is 0 Å². The van der Waals surface area contributed by atoms with Crippen molar-refractivity contribution >= 4 is 52.8 Å². The molecule has 1 amide bonds. The van der Waals surface area contributed by atoms with Crippen LogP contribution in [0.25, 0.3) is 22.3 Å². The van der Waals surface area contributed by atoms with E-state index in [0.717, 1.165) is 29.8 Å². The highest BCUT2D eigenvalue weighted by Crippen LogP contribution is 2.49. The summed E-state index contributed by atoms with van der Waals surface area (Å²) in [5.74, 6) is 0.108. The van der Waals surface area contributed by atoms with Gasteiger partial charge in [-0.25, -0.2) is 4.39 Å². The molecule has 4 aromatic rings. The number of nitrogens with one attached hydrogen (secondary N) is 1. The topological polar surface area (TPSA) is 85.9 Å². The van der Waals surface area contributed by atoms with Gasteiger partial charge >= 0.3 is 7.12 Å². The maximum atomic E-state index is 13.6. The van der Waals surface area contributed by atoms with Crippen molar-refractivity contribution in [1.82, 2.24) is 5.32 Å². The van der Waals surface area contributed by atoms with E-state index in [1.165, 1.54) is 24.1 Å². The van der Waals surface area contributed by atoms with Gasteiger partial charge in [-0.05, 0) is 84.2 Å². The fourth-order valence-corrected chi connectivity index (χ4v) is 5.03. The summed E-state index contributed by atoms with van der Waals surface area (Å²) >= 11 is 1.49. The Hall–Kier alpha value is -3.27. The van der Waals surface area contributed by atoms with E-state index in [1.807, 2.05) is 28.8 Å². The summed E-state index contributed by atoms with van der Waals surface area (Å²) < 4.78 is 21.8. The summed E-state index contributed by atoms with van der Waals surface area (Å²) in [4.78, 5) is 12.9. The molecular formula is C26H24BFN2O4S. The second-order valence-electron chi connectivity index (χ2n) is 8.52. The molecule has 178 valence electrons. The average Bonchev–Trinajstić information content (AvgIpc) is 3.64. The predicted octanol–water partition coefficient (Wildman–Crippen LogP) is 4.57. The Kier molecular flexibility index (Phi) is 6.31. The second kappa shape index (κ2) is 9.41. The fourth-order valence-electron chi connectivity index (χ4n) is 4.36. The summed E-state index contributed by atoms with van der Waals surface area (Å²) in [5, 5.41) is 22.7. The molecule has 0 aliphatic heterocycles. The molecule has 0 unspecified atom stereocenters. The van der Waals surface area contributed by atoms with E-state index in [4.69, 9.17) is 4.42 Å². The zero-order chi connectivity index (χ0) is 24.7. The summed E-state index contributed by atoms with van der Waals surface area (Å²) in [6, 6.07) is 16.9. The van der Waals surface area contributed by atoms with E-state index in [0.29, 0.717) is 39.2 Å². The van der Waals surface area contributed by atoms with Gasteiger partial charge in [0.25, 0.3) is 5.91 Å². The Balaban J connectivity index is 1.72. The molecule has 0 spiro atoms. The summed E-state index contributed by atoms with van der Waals surface area (Å²) in [5.41, 5.74) is 4.78. The number of nitrogens with zero attached hydrogens (tertiary/aromatic N) is 1. The molecule has 0 bridgehead atoms. The molecular weight excluding hydrogens is 466 g/mol. The molecule has 3 aromatic carbocycles. The number of halogens is 1. The molecule has 1 aliphatic rings. The van der Waals surface area contributed by atoms with Crippen LogP contribution >= 0.6 is 11.9 Å². The Morgan fingerprint density at radius 3 is 2.51 bits per heavy atom. The van der Waals surface area contributed by atoms with Crippen molar-refractivity contribution < 1.29 is 23.7 Å². The smallest absolute Gasteiger partial charge is 0.455 e. The van der Waals surface area contributed by atoms with Crippen LogP contribution in [0.3, 0.4) is 0 Å². The monoisotopic (exact) mass is 490 g/mol. The van der Waals surface area contributed by atoms with Gasteiger partial charge in [0.05, 0.1) is 16.9 Å². The predicted molar refractivity (Wildman–Crippen MR) is 139 cm³/mol. The van der Waals surface area contributed by atoms with E-state index >= 15 is 0 Å². The minimum absolute atomic E-state index is 0.274. The lowest BCUT2D eigenvalue weighted by Crippen LogP contribution is -2.30. The molecule has 5 rings (SSSR count). The lowest BCUT2D eigenvalue weighted by molar-refractivity contribution is 0.0964. The first kappa shape index (κ1) is 23.5. The van der Waals surface area contributed by atoms with E-state index in [2.05, 4.69) is 5.32 Å². The fraction of sp³-hybridized carbons (Fsp3) is 0.192. The Morgan fingerprint density at radius 1 is 1.14 bits per heavy atom. The number of rotatable bonds is 7. The number of benzene rings is 3. The first-order valence-electron chi connectivity index (χ1n) is 11.3. The standard InChI is InChI=1S/C26H24BFN2O4S/c1-29-26(31)24-21-13-20(15-6-7-15)22(30(35-2)19-5-3-4-17(12-19)27(32)33)14-23(21)34-25(24)16-8-10-18(28)11-9-16/h3-5,8-15,32-33H,6-7H2,1-2H3,(H,29,31). The number of anilines is 2. The van der Waals surface area contributed by atoms with E-state index in [1.54, 1.807) is 37.4 Å². The number of amides is 1. The van der Waals surface area contributed by atoms with E-state index in [9.17, 15) is 19.2 Å². The van der Waals surface area contributed by atoms with Crippen LogP contribution in [0.15, 0.2) is 65.1 Å². The molecule has 1 aliphatic carbocycles. The Labute approximate surface area is 207 Å². The van der Waals surface area contributed by atoms with Crippen molar-refractivity contribution in [2.45, 2.75) is 18.8 Å². The lowest BCUT2D eigenvalue weighted by atomic mass is 9.80. The molecule has 1 fully saturated rings. The Bertz CT molecular complexity index is 1400. The molecule has 35 heavy (non-hydrogen) atoms. The number of fused-ring (bicyclic) bond motifs is 1. The normalized spacial score (nSPS) is 13.2. The molecule has 1 heterocycles. The molecule has 1 saturated carbocycles. The minimum atomic E-state index is -1.57. The van der Waals surface area contributed by atoms with Gasteiger partial charge in [-0.3, -0.25) is 9.10 Å². The van der Waals surface area contributed by atoms with E-state index < -0.39 is 7.12 Å². The molecule has 0 atom stereocenters. The summed E-state index contributed by atoms with van der Waals surface area (Å²) in [7, 11) is 0.00609. The van der Waals surface area contributed by atoms with Crippen LogP contribution in [-0.4, -0.2) is 36.4 Å². The second-order valence-corrected chi connectivity index (χ2v) is 9.25. The van der Waals surface area contributed by atoms with Crippen LogP contribution in [-0.2, 0) is 0 Å². The molecule has 6 nitrogen and oxygen atoms in total. The maximum Gasteiger partial charge on any atom is 0.488 e. The number of hydrogen-bond donors (Lipinski definition) is 3. The van der Waals surface area contributed by atoms with Crippen LogP contribution in [0.5, 0.6) is 0 Å². The van der Waals surface area contributed by atoms with Crippen LogP contribution in [0.1, 0.15) is 34.7 Å². The average molecular weight is 490 g/mol. The molecule has 1 aromatic heterocycles. The zero-order valence-corrected chi connectivity index (χ0v) is 20.1. The minimum Gasteiger partial charge on any atom is -0.455 e. The molecule has 9 heteroatoms. The third kappa shape index (κ3) is 4.42. The first-order chi connectivity index (χ1) is 16.9. The van der Waals surface area contributed by atoms with Gasteiger partial charge in [-0.2, -0.15) is 0 Å². The Morgan fingerprint density at radius 2 is 1.89 bits per heavy atom. The largest absolute Gasteiger partial charge is 0.488 e. The first-order valence-corrected chi connectivity index (χ1v) is 12.5. The van der Waals surface area contributed by atoms with Crippen molar-refractivity contribution in [3.63, 3.8) is 0 Å².